The zero-order valence-electron chi connectivity index (χ0n) is 14.1. The third-order valence-corrected chi connectivity index (χ3v) is 5.80. The minimum Gasteiger partial charge on any atom is -0.332 e. The molecule has 130 valence electrons. The molecule has 3 rings (SSSR count). The predicted molar refractivity (Wildman–Crippen MR) is 100 cm³/mol. The van der Waals surface area contributed by atoms with Crippen LogP contribution in [-0.4, -0.2) is 18.0 Å². The lowest BCUT2D eigenvalue weighted by atomic mass is 10.2. The number of hydrogen-bond donors (Lipinski definition) is 1. The molecule has 0 aliphatic carbocycles. The predicted octanol–water partition coefficient (Wildman–Crippen LogP) is 4.16. The Kier molecular flexibility index (Phi) is 4.58. The summed E-state index contributed by atoms with van der Waals surface area (Å²) in [6.45, 7) is 3.49. The van der Waals surface area contributed by atoms with E-state index in [1.165, 1.54) is 0 Å². The number of aryl methyl sites for hydroxylation is 3. The summed E-state index contributed by atoms with van der Waals surface area (Å²) >= 11 is 6.06. The first-order valence-electron chi connectivity index (χ1n) is 7.66. The van der Waals surface area contributed by atoms with E-state index in [0.717, 1.165) is 5.56 Å². The normalized spacial score (nSPS) is 11.5. The fourth-order valence-corrected chi connectivity index (χ4v) is 4.12. The van der Waals surface area contributed by atoms with Crippen LogP contribution in [-0.2, 0) is 17.1 Å². The van der Waals surface area contributed by atoms with Gasteiger partial charge in [-0.25, -0.2) is 13.4 Å². The van der Waals surface area contributed by atoms with Gasteiger partial charge in [0.25, 0.3) is 10.0 Å². The van der Waals surface area contributed by atoms with Crippen LogP contribution >= 0.6 is 11.6 Å². The van der Waals surface area contributed by atoms with Crippen LogP contribution in [0.3, 0.4) is 0 Å². The van der Waals surface area contributed by atoms with Crippen molar-refractivity contribution in [2.75, 3.05) is 4.72 Å². The quantitative estimate of drug-likeness (QED) is 0.744. The number of benzene rings is 2. The van der Waals surface area contributed by atoms with Gasteiger partial charge in [-0.3, -0.25) is 4.72 Å². The second kappa shape index (κ2) is 6.54. The van der Waals surface area contributed by atoms with Crippen molar-refractivity contribution >= 4 is 27.4 Å². The molecule has 5 nitrogen and oxygen atoms in total. The lowest BCUT2D eigenvalue weighted by molar-refractivity contribution is 0.600. The van der Waals surface area contributed by atoms with Gasteiger partial charge in [0.15, 0.2) is 5.82 Å². The Labute approximate surface area is 152 Å². The molecular weight excluding hydrogens is 358 g/mol. The summed E-state index contributed by atoms with van der Waals surface area (Å²) in [7, 11) is -1.93. The molecule has 1 heterocycles. The topological polar surface area (TPSA) is 64.0 Å². The molecule has 0 amide bonds. The number of halogens is 1. The monoisotopic (exact) mass is 375 g/mol. The number of hydrogen-bond acceptors (Lipinski definition) is 3. The van der Waals surface area contributed by atoms with Crippen molar-refractivity contribution in [2.45, 2.75) is 18.7 Å². The standard InChI is InChI=1S/C18H18ClN3O2S/c1-12-10-16(13(2)9-15(12)19)25(23,24)21-17-11-22(3)18(20-17)14-7-5-4-6-8-14/h4-11,21H,1-3H3. The van der Waals surface area contributed by atoms with E-state index in [-0.39, 0.29) is 10.7 Å². The maximum absolute atomic E-state index is 12.7. The largest absolute Gasteiger partial charge is 0.332 e. The second-order valence-electron chi connectivity index (χ2n) is 5.90. The molecule has 1 N–H and O–H groups in total. The maximum Gasteiger partial charge on any atom is 0.263 e. The summed E-state index contributed by atoms with van der Waals surface area (Å²) in [5, 5.41) is 0.542. The van der Waals surface area contributed by atoms with Crippen LogP contribution in [0, 0.1) is 13.8 Å². The maximum atomic E-state index is 12.7. The molecule has 2 aromatic carbocycles. The van der Waals surface area contributed by atoms with E-state index in [4.69, 9.17) is 11.6 Å². The number of aromatic nitrogens is 2. The molecule has 0 aliphatic rings. The molecule has 1 aromatic heterocycles. The summed E-state index contributed by atoms with van der Waals surface area (Å²) in [6, 6.07) is 12.8. The fraction of sp³-hybridized carbons (Fsp3) is 0.167. The first-order valence-corrected chi connectivity index (χ1v) is 9.52. The van der Waals surface area contributed by atoms with Gasteiger partial charge in [0.05, 0.1) is 4.90 Å². The highest BCUT2D eigenvalue weighted by molar-refractivity contribution is 7.92. The van der Waals surface area contributed by atoms with Crippen LogP contribution in [0.5, 0.6) is 0 Å². The third kappa shape index (κ3) is 3.55. The molecule has 0 aliphatic heterocycles. The molecule has 0 atom stereocenters. The first kappa shape index (κ1) is 17.5. The van der Waals surface area contributed by atoms with Crippen LogP contribution in [0.4, 0.5) is 5.82 Å². The highest BCUT2D eigenvalue weighted by Gasteiger charge is 2.20. The molecule has 0 saturated heterocycles. The lowest BCUT2D eigenvalue weighted by Gasteiger charge is -2.10. The summed E-state index contributed by atoms with van der Waals surface area (Å²) in [6.07, 6.45) is 1.65. The minimum atomic E-state index is -3.75. The van der Waals surface area contributed by atoms with Crippen molar-refractivity contribution in [2.24, 2.45) is 7.05 Å². The van der Waals surface area contributed by atoms with Crippen LogP contribution in [0.25, 0.3) is 11.4 Å². The van der Waals surface area contributed by atoms with E-state index in [0.29, 0.717) is 22.0 Å². The van der Waals surface area contributed by atoms with E-state index < -0.39 is 10.0 Å². The lowest BCUT2D eigenvalue weighted by Crippen LogP contribution is -2.14. The molecule has 0 spiro atoms. The summed E-state index contributed by atoms with van der Waals surface area (Å²) < 4.78 is 29.8. The Morgan fingerprint density at radius 2 is 1.76 bits per heavy atom. The molecule has 0 unspecified atom stereocenters. The van der Waals surface area contributed by atoms with Crippen LogP contribution < -0.4 is 4.72 Å². The summed E-state index contributed by atoms with van der Waals surface area (Å²) in [5.74, 6) is 0.954. The van der Waals surface area contributed by atoms with Crippen molar-refractivity contribution in [1.82, 2.24) is 9.55 Å². The van der Waals surface area contributed by atoms with E-state index in [1.807, 2.05) is 37.4 Å². The van der Waals surface area contributed by atoms with E-state index in [2.05, 4.69) is 9.71 Å². The van der Waals surface area contributed by atoms with Crippen molar-refractivity contribution in [3.05, 3.63) is 64.8 Å². The summed E-state index contributed by atoms with van der Waals surface area (Å²) in [4.78, 5) is 4.60. The van der Waals surface area contributed by atoms with Crippen molar-refractivity contribution < 1.29 is 8.42 Å². The minimum absolute atomic E-state index is 0.196. The van der Waals surface area contributed by atoms with Crippen molar-refractivity contribution in [1.29, 1.82) is 0 Å². The molecular formula is C18H18ClN3O2S. The first-order chi connectivity index (χ1) is 11.8. The van der Waals surface area contributed by atoms with Gasteiger partial charge in [0.1, 0.15) is 5.82 Å². The van der Waals surface area contributed by atoms with Gasteiger partial charge < -0.3 is 4.57 Å². The fourth-order valence-electron chi connectivity index (χ4n) is 2.61. The molecule has 7 heteroatoms. The van der Waals surface area contributed by atoms with Crippen LogP contribution in [0.15, 0.2) is 53.6 Å². The summed E-state index contributed by atoms with van der Waals surface area (Å²) in [5.41, 5.74) is 2.20. The van der Waals surface area contributed by atoms with Crippen LogP contribution in [0.2, 0.25) is 5.02 Å². The molecule has 0 fully saturated rings. The van der Waals surface area contributed by atoms with Gasteiger partial charge in [0, 0.05) is 23.8 Å². The molecule has 3 aromatic rings. The number of sulfonamides is 1. The second-order valence-corrected chi connectivity index (χ2v) is 7.96. The third-order valence-electron chi connectivity index (χ3n) is 3.89. The van der Waals surface area contributed by atoms with E-state index in [9.17, 15) is 8.42 Å². The molecule has 0 radical (unpaired) electrons. The zero-order valence-corrected chi connectivity index (χ0v) is 15.7. The number of anilines is 1. The number of rotatable bonds is 4. The van der Waals surface area contributed by atoms with Crippen molar-refractivity contribution in [3.63, 3.8) is 0 Å². The number of imidazole rings is 1. The van der Waals surface area contributed by atoms with Gasteiger partial charge in [0.2, 0.25) is 0 Å². The average molecular weight is 376 g/mol. The van der Waals surface area contributed by atoms with Crippen LogP contribution in [0.1, 0.15) is 11.1 Å². The van der Waals surface area contributed by atoms with Gasteiger partial charge in [-0.2, -0.15) is 0 Å². The zero-order chi connectivity index (χ0) is 18.2. The van der Waals surface area contributed by atoms with Gasteiger partial charge >= 0.3 is 0 Å². The molecule has 25 heavy (non-hydrogen) atoms. The molecule has 0 saturated carbocycles. The smallest absolute Gasteiger partial charge is 0.263 e. The SMILES string of the molecule is Cc1cc(S(=O)(=O)Nc2cn(C)c(-c3ccccc3)n2)c(C)cc1Cl. The highest BCUT2D eigenvalue weighted by atomic mass is 35.5. The number of nitrogens with zero attached hydrogens (tertiary/aromatic N) is 2. The van der Waals surface area contributed by atoms with Gasteiger partial charge in [-0.15, -0.1) is 0 Å². The van der Waals surface area contributed by atoms with E-state index >= 15 is 0 Å². The number of nitrogens with one attached hydrogen (secondary N) is 1. The van der Waals surface area contributed by atoms with Crippen molar-refractivity contribution in [3.8, 4) is 11.4 Å². The van der Waals surface area contributed by atoms with E-state index in [1.54, 1.807) is 36.7 Å². The van der Waals surface area contributed by atoms with Gasteiger partial charge in [-0.1, -0.05) is 41.9 Å². The van der Waals surface area contributed by atoms with Gasteiger partial charge in [-0.05, 0) is 37.1 Å². The Morgan fingerprint density at radius 3 is 2.44 bits per heavy atom. The Morgan fingerprint density at radius 1 is 1.08 bits per heavy atom. The molecule has 0 bridgehead atoms. The Balaban J connectivity index is 1.96. The Hall–Kier alpha value is -2.31. The average Bonchev–Trinajstić information content (AvgIpc) is 2.91. The highest BCUT2D eigenvalue weighted by Crippen LogP contribution is 2.26. The Bertz CT molecular complexity index is 1030.